The molecular weight excluding hydrogens is 441 g/mol. The van der Waals surface area contributed by atoms with Crippen LogP contribution in [0.25, 0.3) is 0 Å². The molecule has 3 aromatic rings. The third-order valence-corrected chi connectivity index (χ3v) is 6.15. The minimum absolute atomic E-state index is 0.0721. The van der Waals surface area contributed by atoms with Crippen molar-refractivity contribution in [2.45, 2.75) is 23.5 Å². The molecule has 9 heteroatoms. The minimum Gasteiger partial charge on any atom is -0.343 e. The molecule has 1 amide bonds. The highest BCUT2D eigenvalue weighted by atomic mass is 32.2. The molecule has 0 saturated carbocycles. The van der Waals surface area contributed by atoms with Gasteiger partial charge >= 0.3 is 6.18 Å². The number of benzene rings is 3. The normalized spacial score (nSPS) is 12.8. The van der Waals surface area contributed by atoms with Gasteiger partial charge in [0, 0.05) is 5.56 Å². The van der Waals surface area contributed by atoms with E-state index in [0.29, 0.717) is 6.42 Å². The fraction of sp³-hybridized carbons (Fsp3) is 0.174. The molecule has 0 aromatic heterocycles. The topological polar surface area (TPSA) is 75.3 Å². The second-order valence-corrected chi connectivity index (χ2v) is 8.81. The first kappa shape index (κ1) is 23.5. The van der Waals surface area contributed by atoms with Crippen LogP contribution < -0.4 is 10.0 Å². The van der Waals surface area contributed by atoms with Crippen molar-refractivity contribution in [2.75, 3.05) is 6.54 Å². The summed E-state index contributed by atoms with van der Waals surface area (Å²) in [6, 6.07) is 22.7. The van der Waals surface area contributed by atoms with Gasteiger partial charge in [0.15, 0.2) is 0 Å². The molecule has 1 unspecified atom stereocenters. The molecule has 0 bridgehead atoms. The van der Waals surface area contributed by atoms with Gasteiger partial charge in [-0.05, 0) is 41.8 Å². The zero-order valence-corrected chi connectivity index (χ0v) is 17.7. The predicted octanol–water partition coefficient (Wildman–Crippen LogP) is 4.24. The van der Waals surface area contributed by atoms with E-state index >= 15 is 0 Å². The molecule has 0 heterocycles. The van der Waals surface area contributed by atoms with Crippen molar-refractivity contribution in [2.24, 2.45) is 0 Å². The van der Waals surface area contributed by atoms with Crippen molar-refractivity contribution in [1.82, 2.24) is 10.0 Å². The largest absolute Gasteiger partial charge is 0.405 e. The van der Waals surface area contributed by atoms with E-state index in [1.165, 1.54) is 24.3 Å². The van der Waals surface area contributed by atoms with Gasteiger partial charge in [0.1, 0.15) is 6.54 Å². The van der Waals surface area contributed by atoms with Crippen LogP contribution in [0.15, 0.2) is 89.8 Å². The summed E-state index contributed by atoms with van der Waals surface area (Å²) in [6.45, 7) is -1.47. The summed E-state index contributed by atoms with van der Waals surface area (Å²) in [4.78, 5) is 11.7. The highest BCUT2D eigenvalue weighted by Gasteiger charge is 2.28. The monoisotopic (exact) mass is 462 g/mol. The number of alkyl halides is 3. The summed E-state index contributed by atoms with van der Waals surface area (Å²) in [5.41, 5.74) is 1.65. The van der Waals surface area contributed by atoms with E-state index < -0.39 is 34.7 Å². The van der Waals surface area contributed by atoms with Crippen LogP contribution in [0, 0.1) is 0 Å². The van der Waals surface area contributed by atoms with Gasteiger partial charge < -0.3 is 5.32 Å². The molecule has 0 radical (unpaired) electrons. The third-order valence-electron chi connectivity index (χ3n) is 4.66. The van der Waals surface area contributed by atoms with E-state index in [2.05, 4.69) is 4.72 Å². The highest BCUT2D eigenvalue weighted by molar-refractivity contribution is 7.89. The lowest BCUT2D eigenvalue weighted by Crippen LogP contribution is -2.33. The van der Waals surface area contributed by atoms with Gasteiger partial charge in [-0.2, -0.15) is 13.2 Å². The van der Waals surface area contributed by atoms with E-state index in [9.17, 15) is 26.4 Å². The molecule has 0 fully saturated rings. The first-order chi connectivity index (χ1) is 15.1. The maximum atomic E-state index is 13.0. The van der Waals surface area contributed by atoms with Crippen LogP contribution in [0.2, 0.25) is 0 Å². The number of sulfonamides is 1. The summed E-state index contributed by atoms with van der Waals surface area (Å²) in [5.74, 6) is -0.939. The number of nitrogens with one attached hydrogen (secondary N) is 2. The first-order valence-corrected chi connectivity index (χ1v) is 11.2. The maximum absolute atomic E-state index is 13.0. The van der Waals surface area contributed by atoms with E-state index in [-0.39, 0.29) is 10.5 Å². The van der Waals surface area contributed by atoms with Crippen LogP contribution in [0.4, 0.5) is 13.2 Å². The van der Waals surface area contributed by atoms with Crippen LogP contribution in [-0.4, -0.2) is 27.0 Å². The Morgan fingerprint density at radius 1 is 0.844 bits per heavy atom. The van der Waals surface area contributed by atoms with Crippen molar-refractivity contribution in [3.05, 3.63) is 102 Å². The van der Waals surface area contributed by atoms with Crippen molar-refractivity contribution >= 4 is 15.9 Å². The number of hydrogen-bond donors (Lipinski definition) is 2. The number of carbonyl (C=O) groups excluding carboxylic acids is 1. The van der Waals surface area contributed by atoms with Crippen molar-refractivity contribution < 1.29 is 26.4 Å². The molecule has 3 rings (SSSR count). The first-order valence-electron chi connectivity index (χ1n) is 9.70. The molecule has 0 aliphatic heterocycles. The molecular formula is C23H21F3N2O3S. The molecule has 168 valence electrons. The average molecular weight is 462 g/mol. The molecule has 1 atom stereocenters. The summed E-state index contributed by atoms with van der Waals surface area (Å²) in [7, 11) is -3.97. The minimum atomic E-state index is -4.53. The van der Waals surface area contributed by atoms with Crippen molar-refractivity contribution in [3.8, 4) is 0 Å². The fourth-order valence-electron chi connectivity index (χ4n) is 3.09. The lowest BCUT2D eigenvalue weighted by atomic mass is 10.00. The fourth-order valence-corrected chi connectivity index (χ4v) is 4.31. The Bertz CT molecular complexity index is 1130. The molecule has 0 aliphatic rings. The quantitative estimate of drug-likeness (QED) is 0.526. The standard InChI is InChI=1S/C23H21F3N2O3S/c24-23(25,26)16-27-22(29)19-11-13-20(14-12-19)32(30,31)28-21(18-9-5-2-6-10-18)15-17-7-3-1-4-8-17/h1-14,21,28H,15-16H2,(H,27,29). The second kappa shape index (κ2) is 9.97. The number of carbonyl (C=O) groups is 1. The number of halogens is 3. The number of hydrogen-bond acceptors (Lipinski definition) is 3. The van der Waals surface area contributed by atoms with Gasteiger partial charge in [0.05, 0.1) is 10.9 Å². The van der Waals surface area contributed by atoms with Crippen molar-refractivity contribution in [3.63, 3.8) is 0 Å². The second-order valence-electron chi connectivity index (χ2n) is 7.10. The summed E-state index contributed by atoms with van der Waals surface area (Å²) >= 11 is 0. The van der Waals surface area contributed by atoms with Gasteiger partial charge in [0.25, 0.3) is 5.91 Å². The Kier molecular flexibility index (Phi) is 7.32. The zero-order chi connectivity index (χ0) is 23.2. The van der Waals surface area contributed by atoms with Gasteiger partial charge in [-0.1, -0.05) is 60.7 Å². The average Bonchev–Trinajstić information content (AvgIpc) is 2.78. The van der Waals surface area contributed by atoms with Crippen LogP contribution in [-0.2, 0) is 16.4 Å². The predicted molar refractivity (Wildman–Crippen MR) is 114 cm³/mol. The molecule has 5 nitrogen and oxygen atoms in total. The molecule has 0 aliphatic carbocycles. The maximum Gasteiger partial charge on any atom is 0.405 e. The van der Waals surface area contributed by atoms with Crippen LogP contribution in [0.5, 0.6) is 0 Å². The summed E-state index contributed by atoms with van der Waals surface area (Å²) in [6.07, 6.45) is -4.12. The Morgan fingerprint density at radius 2 is 1.41 bits per heavy atom. The van der Waals surface area contributed by atoms with Crippen LogP contribution in [0.3, 0.4) is 0 Å². The third kappa shape index (κ3) is 6.66. The molecule has 0 spiro atoms. The smallest absolute Gasteiger partial charge is 0.343 e. The summed E-state index contributed by atoms with van der Waals surface area (Å²) < 4.78 is 65.5. The van der Waals surface area contributed by atoms with E-state index in [1.807, 2.05) is 60.7 Å². The van der Waals surface area contributed by atoms with E-state index in [0.717, 1.165) is 11.1 Å². The highest BCUT2D eigenvalue weighted by Crippen LogP contribution is 2.22. The number of amides is 1. The Hall–Kier alpha value is -3.17. The van der Waals surface area contributed by atoms with Crippen LogP contribution in [0.1, 0.15) is 27.5 Å². The van der Waals surface area contributed by atoms with Gasteiger partial charge in [-0.3, -0.25) is 4.79 Å². The number of rotatable bonds is 8. The lowest BCUT2D eigenvalue weighted by molar-refractivity contribution is -0.123. The van der Waals surface area contributed by atoms with E-state index in [4.69, 9.17) is 0 Å². The lowest BCUT2D eigenvalue weighted by Gasteiger charge is -2.20. The molecule has 2 N–H and O–H groups in total. The molecule has 0 saturated heterocycles. The molecule has 3 aromatic carbocycles. The Balaban J connectivity index is 1.78. The summed E-state index contributed by atoms with van der Waals surface area (Å²) in [5, 5.41) is 1.75. The SMILES string of the molecule is O=C(NCC(F)(F)F)c1ccc(S(=O)(=O)NC(Cc2ccccc2)c2ccccc2)cc1. The van der Waals surface area contributed by atoms with Gasteiger partial charge in [0.2, 0.25) is 10.0 Å². The zero-order valence-electron chi connectivity index (χ0n) is 16.8. The Labute approximate surface area is 184 Å². The van der Waals surface area contributed by atoms with Gasteiger partial charge in [-0.15, -0.1) is 0 Å². The molecule has 32 heavy (non-hydrogen) atoms. The van der Waals surface area contributed by atoms with Crippen molar-refractivity contribution in [1.29, 1.82) is 0 Å². The Morgan fingerprint density at radius 3 is 1.97 bits per heavy atom. The van der Waals surface area contributed by atoms with Crippen LogP contribution >= 0.6 is 0 Å². The van der Waals surface area contributed by atoms with Gasteiger partial charge in [-0.25, -0.2) is 13.1 Å². The van der Waals surface area contributed by atoms with E-state index in [1.54, 1.807) is 5.32 Å².